The SMILES string of the molecule is Cc1cc(C(=O)N2CCN(C(c3ccccc3)c3ccccc3)CC2)nc(C2CC2)n1. The summed E-state index contributed by atoms with van der Waals surface area (Å²) in [5, 5.41) is 0. The van der Waals surface area contributed by atoms with E-state index in [2.05, 4.69) is 75.5 Å². The number of carbonyl (C=O) groups excluding carboxylic acids is 1. The molecular weight excluding hydrogens is 384 g/mol. The third kappa shape index (κ3) is 4.37. The van der Waals surface area contributed by atoms with Crippen molar-refractivity contribution in [1.82, 2.24) is 19.8 Å². The van der Waals surface area contributed by atoms with Crippen LogP contribution in [-0.4, -0.2) is 51.9 Å². The van der Waals surface area contributed by atoms with Crippen molar-refractivity contribution in [2.24, 2.45) is 0 Å². The first-order valence-electron chi connectivity index (χ1n) is 11.2. The average Bonchev–Trinajstić information content (AvgIpc) is 3.66. The third-order valence-electron chi connectivity index (χ3n) is 6.23. The number of aryl methyl sites for hydroxylation is 1. The summed E-state index contributed by atoms with van der Waals surface area (Å²) < 4.78 is 0. The molecule has 1 amide bonds. The maximum atomic E-state index is 13.2. The Hall–Kier alpha value is -3.05. The zero-order valence-corrected chi connectivity index (χ0v) is 17.9. The lowest BCUT2D eigenvalue weighted by Crippen LogP contribution is -2.50. The summed E-state index contributed by atoms with van der Waals surface area (Å²) in [4.78, 5) is 26.7. The van der Waals surface area contributed by atoms with Gasteiger partial charge in [0.25, 0.3) is 5.91 Å². The van der Waals surface area contributed by atoms with Gasteiger partial charge in [0, 0.05) is 37.8 Å². The smallest absolute Gasteiger partial charge is 0.272 e. The van der Waals surface area contributed by atoms with Crippen molar-refractivity contribution in [2.75, 3.05) is 26.2 Å². The van der Waals surface area contributed by atoms with E-state index in [1.807, 2.05) is 17.9 Å². The van der Waals surface area contributed by atoms with Gasteiger partial charge in [0.05, 0.1) is 6.04 Å². The highest BCUT2D eigenvalue weighted by atomic mass is 16.2. The number of rotatable bonds is 5. The van der Waals surface area contributed by atoms with Gasteiger partial charge in [-0.25, -0.2) is 9.97 Å². The molecule has 5 rings (SSSR count). The van der Waals surface area contributed by atoms with Crippen molar-refractivity contribution in [1.29, 1.82) is 0 Å². The molecule has 2 fully saturated rings. The number of piperazine rings is 1. The van der Waals surface area contributed by atoms with E-state index in [1.54, 1.807) is 0 Å². The molecule has 0 unspecified atom stereocenters. The predicted octanol–water partition coefficient (Wildman–Crippen LogP) is 4.21. The lowest BCUT2D eigenvalue weighted by atomic mass is 9.96. The van der Waals surface area contributed by atoms with Crippen LogP contribution < -0.4 is 0 Å². The number of benzene rings is 2. The van der Waals surface area contributed by atoms with Gasteiger partial charge >= 0.3 is 0 Å². The van der Waals surface area contributed by atoms with E-state index < -0.39 is 0 Å². The minimum atomic E-state index is 0.0306. The van der Waals surface area contributed by atoms with Gasteiger partial charge in [-0.3, -0.25) is 9.69 Å². The number of aromatic nitrogens is 2. The van der Waals surface area contributed by atoms with Gasteiger partial charge in [0.2, 0.25) is 0 Å². The van der Waals surface area contributed by atoms with Crippen molar-refractivity contribution in [3.8, 4) is 0 Å². The molecule has 0 radical (unpaired) electrons. The van der Waals surface area contributed by atoms with Gasteiger partial charge in [0.15, 0.2) is 0 Å². The Morgan fingerprint density at radius 3 is 2.00 bits per heavy atom. The first-order chi connectivity index (χ1) is 15.2. The second-order valence-electron chi connectivity index (χ2n) is 8.58. The van der Waals surface area contributed by atoms with Gasteiger partial charge in [0.1, 0.15) is 11.5 Å². The van der Waals surface area contributed by atoms with Crippen LogP contribution >= 0.6 is 0 Å². The van der Waals surface area contributed by atoms with Gasteiger partial charge in [-0.15, -0.1) is 0 Å². The second-order valence-corrected chi connectivity index (χ2v) is 8.58. The summed E-state index contributed by atoms with van der Waals surface area (Å²) in [5.74, 6) is 1.32. The molecule has 0 bridgehead atoms. The Bertz CT molecular complexity index is 1000. The van der Waals surface area contributed by atoms with Crippen LogP contribution in [0.4, 0.5) is 0 Å². The van der Waals surface area contributed by atoms with E-state index in [9.17, 15) is 4.79 Å². The van der Waals surface area contributed by atoms with Crippen molar-refractivity contribution in [3.05, 3.63) is 95.1 Å². The van der Waals surface area contributed by atoms with Gasteiger partial charge in [-0.05, 0) is 37.0 Å². The van der Waals surface area contributed by atoms with E-state index in [4.69, 9.17) is 0 Å². The van der Waals surface area contributed by atoms with Crippen LogP contribution in [-0.2, 0) is 0 Å². The molecule has 3 aromatic rings. The van der Waals surface area contributed by atoms with Crippen LogP contribution in [0.2, 0.25) is 0 Å². The fourth-order valence-corrected chi connectivity index (χ4v) is 4.46. The lowest BCUT2D eigenvalue weighted by Gasteiger charge is -2.39. The molecule has 1 aliphatic carbocycles. The fraction of sp³-hybridized carbons (Fsp3) is 0.346. The highest BCUT2D eigenvalue weighted by Crippen LogP contribution is 2.38. The normalized spacial score (nSPS) is 17.2. The van der Waals surface area contributed by atoms with Crippen molar-refractivity contribution in [3.63, 3.8) is 0 Å². The quantitative estimate of drug-likeness (QED) is 0.630. The Morgan fingerprint density at radius 1 is 0.871 bits per heavy atom. The van der Waals surface area contributed by atoms with Crippen molar-refractivity contribution in [2.45, 2.75) is 31.7 Å². The molecule has 31 heavy (non-hydrogen) atoms. The van der Waals surface area contributed by atoms with Crippen LogP contribution in [0.15, 0.2) is 66.7 Å². The summed E-state index contributed by atoms with van der Waals surface area (Å²) in [7, 11) is 0. The fourth-order valence-electron chi connectivity index (χ4n) is 4.46. The zero-order valence-electron chi connectivity index (χ0n) is 17.9. The van der Waals surface area contributed by atoms with Crippen LogP contribution in [0.5, 0.6) is 0 Å². The first-order valence-corrected chi connectivity index (χ1v) is 11.2. The molecule has 5 nitrogen and oxygen atoms in total. The van der Waals surface area contributed by atoms with E-state index in [0.29, 0.717) is 24.7 Å². The van der Waals surface area contributed by atoms with E-state index in [-0.39, 0.29) is 11.9 Å². The number of hydrogen-bond donors (Lipinski definition) is 0. The largest absolute Gasteiger partial charge is 0.335 e. The highest BCUT2D eigenvalue weighted by molar-refractivity contribution is 5.92. The molecule has 2 heterocycles. The topological polar surface area (TPSA) is 49.3 Å². The van der Waals surface area contributed by atoms with E-state index in [0.717, 1.165) is 37.4 Å². The van der Waals surface area contributed by atoms with Crippen LogP contribution in [0.25, 0.3) is 0 Å². The Labute approximate surface area is 183 Å². The molecular formula is C26H28N4O. The summed E-state index contributed by atoms with van der Waals surface area (Å²) in [5.41, 5.74) is 4.00. The predicted molar refractivity (Wildman–Crippen MR) is 121 cm³/mol. The number of amides is 1. The lowest BCUT2D eigenvalue weighted by molar-refractivity contribution is 0.0591. The summed E-state index contributed by atoms with van der Waals surface area (Å²) in [6, 6.07) is 23.3. The van der Waals surface area contributed by atoms with Gasteiger partial charge in [-0.2, -0.15) is 0 Å². The molecule has 0 spiro atoms. The number of carbonyl (C=O) groups is 1. The van der Waals surface area contributed by atoms with Gasteiger partial charge in [-0.1, -0.05) is 60.7 Å². The second kappa shape index (κ2) is 8.60. The maximum absolute atomic E-state index is 13.2. The molecule has 0 N–H and O–H groups in total. The summed E-state index contributed by atoms with van der Waals surface area (Å²) >= 11 is 0. The molecule has 1 saturated carbocycles. The van der Waals surface area contributed by atoms with E-state index in [1.165, 1.54) is 11.1 Å². The zero-order chi connectivity index (χ0) is 21.2. The molecule has 1 saturated heterocycles. The molecule has 2 aliphatic rings. The maximum Gasteiger partial charge on any atom is 0.272 e. The minimum Gasteiger partial charge on any atom is -0.335 e. The van der Waals surface area contributed by atoms with E-state index >= 15 is 0 Å². The summed E-state index contributed by atoms with van der Waals surface area (Å²) in [6.07, 6.45) is 2.27. The van der Waals surface area contributed by atoms with Crippen LogP contribution in [0.1, 0.15) is 57.9 Å². The Morgan fingerprint density at radius 2 is 1.45 bits per heavy atom. The molecule has 158 valence electrons. The average molecular weight is 413 g/mol. The molecule has 1 aliphatic heterocycles. The Kier molecular flexibility index (Phi) is 5.51. The monoisotopic (exact) mass is 412 g/mol. The Balaban J connectivity index is 1.32. The molecule has 5 heteroatoms. The molecule has 0 atom stereocenters. The number of nitrogens with zero attached hydrogens (tertiary/aromatic N) is 4. The summed E-state index contributed by atoms with van der Waals surface area (Å²) in [6.45, 7) is 5.03. The molecule has 1 aromatic heterocycles. The van der Waals surface area contributed by atoms with Crippen molar-refractivity contribution >= 4 is 5.91 Å². The minimum absolute atomic E-state index is 0.0306. The highest BCUT2D eigenvalue weighted by Gasteiger charge is 2.31. The van der Waals surface area contributed by atoms with Crippen molar-refractivity contribution < 1.29 is 4.79 Å². The number of hydrogen-bond acceptors (Lipinski definition) is 4. The van der Waals surface area contributed by atoms with Gasteiger partial charge < -0.3 is 4.90 Å². The molecule has 2 aromatic carbocycles. The van der Waals surface area contributed by atoms with Crippen LogP contribution in [0.3, 0.4) is 0 Å². The first kappa shape index (κ1) is 19.9. The standard InChI is InChI=1S/C26H28N4O/c1-19-18-23(28-25(27-19)22-12-13-22)26(31)30-16-14-29(15-17-30)24(20-8-4-2-5-9-20)21-10-6-3-7-11-21/h2-11,18,22,24H,12-17H2,1H3. The third-order valence-corrected chi connectivity index (χ3v) is 6.23. The van der Waals surface area contributed by atoms with Crippen LogP contribution in [0, 0.1) is 6.92 Å².